The molecule has 0 radical (unpaired) electrons. The van der Waals surface area contributed by atoms with E-state index in [2.05, 4.69) is 108 Å². The lowest BCUT2D eigenvalue weighted by molar-refractivity contribution is 0.0524. The summed E-state index contributed by atoms with van der Waals surface area (Å²) in [6.45, 7) is 3.28. The number of carbonyl (C=O) groups excluding carboxylic acids is 1. The summed E-state index contributed by atoms with van der Waals surface area (Å²) >= 11 is 0. The maximum atomic E-state index is 13.7. The van der Waals surface area contributed by atoms with Crippen LogP contribution in [0.3, 0.4) is 0 Å². The van der Waals surface area contributed by atoms with Crippen LogP contribution in [-0.2, 0) is 23.4 Å². The second kappa shape index (κ2) is 13.2. The lowest BCUT2D eigenvalue weighted by atomic mass is 9.75. The molecule has 0 unspecified atom stereocenters. The van der Waals surface area contributed by atoms with Gasteiger partial charge in [0.15, 0.2) is 5.75 Å². The third-order valence-electron chi connectivity index (χ3n) is 10.4. The van der Waals surface area contributed by atoms with Gasteiger partial charge in [-0.05, 0) is 83.3 Å². The Morgan fingerprint density at radius 3 is 1.92 bits per heavy atom. The van der Waals surface area contributed by atoms with Crippen LogP contribution in [0.2, 0.25) is 0 Å². The largest absolute Gasteiger partial charge is 0.496 e. The van der Waals surface area contributed by atoms with Crippen LogP contribution in [0.15, 0.2) is 126 Å². The second-order valence-corrected chi connectivity index (χ2v) is 13.3. The number of nitrogens with zero attached hydrogens (tertiary/aromatic N) is 2. The molecule has 0 spiro atoms. The zero-order chi connectivity index (χ0) is 35.1. The van der Waals surface area contributed by atoms with Crippen molar-refractivity contribution in [1.29, 1.82) is 0 Å². The number of methoxy groups -OCH3 is 2. The number of carbonyl (C=O) groups is 1. The second-order valence-electron chi connectivity index (χ2n) is 13.3. The highest BCUT2D eigenvalue weighted by Gasteiger charge is 2.45. The van der Waals surface area contributed by atoms with Gasteiger partial charge < -0.3 is 14.2 Å². The molecule has 1 fully saturated rings. The van der Waals surface area contributed by atoms with Gasteiger partial charge >= 0.3 is 5.97 Å². The summed E-state index contributed by atoms with van der Waals surface area (Å²) in [5.41, 5.74) is 8.30. The first-order valence-electron chi connectivity index (χ1n) is 17.5. The predicted octanol–water partition coefficient (Wildman–Crippen LogP) is 8.35. The van der Waals surface area contributed by atoms with Crippen molar-refractivity contribution in [3.8, 4) is 22.6 Å². The van der Waals surface area contributed by atoms with Crippen LogP contribution in [0.5, 0.6) is 11.5 Å². The predicted molar refractivity (Wildman–Crippen MR) is 199 cm³/mol. The minimum Gasteiger partial charge on any atom is -0.496 e. The van der Waals surface area contributed by atoms with E-state index in [0.717, 1.165) is 46.4 Å². The summed E-state index contributed by atoms with van der Waals surface area (Å²) < 4.78 is 19.1. The first-order chi connectivity index (χ1) is 25.0. The summed E-state index contributed by atoms with van der Waals surface area (Å²) in [6.07, 6.45) is 3.72. The van der Waals surface area contributed by atoms with Crippen LogP contribution < -0.4 is 15.0 Å². The van der Waals surface area contributed by atoms with E-state index in [1.54, 1.807) is 37.8 Å². The molecular formula is C44H40N2O5. The van der Waals surface area contributed by atoms with E-state index in [1.807, 2.05) is 6.07 Å². The Labute approximate surface area is 297 Å². The molecule has 0 saturated heterocycles. The van der Waals surface area contributed by atoms with Crippen LogP contribution in [0.4, 0.5) is 0 Å². The number of benzene rings is 4. The topological polar surface area (TPSA) is 69.5 Å². The van der Waals surface area contributed by atoms with Gasteiger partial charge in [0, 0.05) is 30.4 Å². The molecule has 7 heteroatoms. The van der Waals surface area contributed by atoms with Gasteiger partial charge in [-0.1, -0.05) is 91.0 Å². The van der Waals surface area contributed by atoms with Crippen LogP contribution in [0.1, 0.15) is 69.4 Å². The maximum Gasteiger partial charge on any atom is 0.343 e. The number of pyridine rings is 2. The molecule has 4 aromatic carbocycles. The molecule has 8 rings (SSSR count). The molecule has 0 bridgehead atoms. The van der Waals surface area contributed by atoms with Gasteiger partial charge in [0.2, 0.25) is 0 Å². The van der Waals surface area contributed by atoms with Gasteiger partial charge in [-0.25, -0.2) is 4.79 Å². The fourth-order valence-corrected chi connectivity index (χ4v) is 8.02. The Kier molecular flexibility index (Phi) is 8.44. The van der Waals surface area contributed by atoms with Crippen molar-refractivity contribution in [2.75, 3.05) is 20.8 Å². The Morgan fingerprint density at radius 1 is 0.784 bits per heavy atom. The highest BCUT2D eigenvalue weighted by atomic mass is 16.5. The van der Waals surface area contributed by atoms with Gasteiger partial charge in [0.05, 0.1) is 31.9 Å². The number of esters is 1. The zero-order valence-electron chi connectivity index (χ0n) is 29.1. The summed E-state index contributed by atoms with van der Waals surface area (Å²) in [6, 6.07) is 40.1. The van der Waals surface area contributed by atoms with E-state index >= 15 is 0 Å². The fourth-order valence-electron chi connectivity index (χ4n) is 8.02. The summed E-state index contributed by atoms with van der Waals surface area (Å²) in [4.78, 5) is 29.0. The molecule has 256 valence electrons. The van der Waals surface area contributed by atoms with E-state index in [-0.39, 0.29) is 18.1 Å². The quantitative estimate of drug-likeness (QED) is 0.107. The number of fused-ring (bicyclic) bond motifs is 2. The van der Waals surface area contributed by atoms with E-state index in [4.69, 9.17) is 14.2 Å². The van der Waals surface area contributed by atoms with Crippen molar-refractivity contribution in [1.82, 2.24) is 9.30 Å². The van der Waals surface area contributed by atoms with Crippen molar-refractivity contribution in [2.45, 2.75) is 44.3 Å². The lowest BCUT2D eigenvalue weighted by Crippen LogP contribution is -2.45. The van der Waals surface area contributed by atoms with E-state index < -0.39 is 17.1 Å². The van der Waals surface area contributed by atoms with Gasteiger partial charge in [-0.15, -0.1) is 0 Å². The van der Waals surface area contributed by atoms with E-state index in [9.17, 15) is 9.59 Å². The fraction of sp³-hybridized carbons (Fsp3) is 0.227. The van der Waals surface area contributed by atoms with Crippen molar-refractivity contribution < 1.29 is 19.0 Å². The normalized spacial score (nSPS) is 14.3. The van der Waals surface area contributed by atoms with E-state index in [1.165, 1.54) is 16.7 Å². The van der Waals surface area contributed by atoms with Crippen molar-refractivity contribution >= 4 is 11.5 Å². The third kappa shape index (κ3) is 5.40. The molecule has 1 aliphatic heterocycles. The van der Waals surface area contributed by atoms with Crippen LogP contribution in [0.25, 0.3) is 16.6 Å². The van der Waals surface area contributed by atoms with Crippen LogP contribution in [-0.4, -0.2) is 36.1 Å². The first kappa shape index (κ1) is 32.5. The Morgan fingerprint density at radius 2 is 1.39 bits per heavy atom. The standard InChI is InChI=1S/C44H40N2O5/c1-4-51-43(48)37-26-36(29-20-21-29)40-41(50-3)35(22-23-46(40)42(37)47)30-24-31-27-45(28-38(31)39(25-30)49-2)44(32-14-8-5-9-15-32,33-16-10-6-11-17-33)34-18-12-7-13-19-34/h5-19,22-26,29H,4,20-21,27-28H2,1-3H3. The molecular weight excluding hydrogens is 636 g/mol. The number of aromatic nitrogens is 1. The molecule has 1 saturated carbocycles. The summed E-state index contributed by atoms with van der Waals surface area (Å²) in [5, 5.41) is 0. The SMILES string of the molecule is CCOC(=O)c1cc(C2CC2)c2c(OC)c(-c3cc4c(c(OC)c3)CN(C(c3ccccc3)(c3ccccc3)c3ccccc3)C4)ccn2c1=O. The highest BCUT2D eigenvalue weighted by molar-refractivity contribution is 5.91. The molecule has 51 heavy (non-hydrogen) atoms. The Bertz CT molecular complexity index is 2200. The molecule has 1 aliphatic carbocycles. The average molecular weight is 677 g/mol. The first-order valence-corrected chi connectivity index (χ1v) is 17.5. The number of ether oxygens (including phenoxy) is 3. The maximum absolute atomic E-state index is 13.7. The molecule has 6 aromatic rings. The highest BCUT2D eigenvalue weighted by Crippen LogP contribution is 2.50. The molecule has 0 amide bonds. The number of hydrogen-bond acceptors (Lipinski definition) is 6. The summed E-state index contributed by atoms with van der Waals surface area (Å²) in [7, 11) is 3.36. The Hall–Kier alpha value is -5.66. The minimum atomic E-state index is -0.604. The summed E-state index contributed by atoms with van der Waals surface area (Å²) in [5.74, 6) is 1.03. The molecule has 2 aliphatic rings. The third-order valence-corrected chi connectivity index (χ3v) is 10.4. The lowest BCUT2D eigenvalue weighted by Gasteiger charge is -2.43. The molecule has 3 heterocycles. The smallest absolute Gasteiger partial charge is 0.343 e. The Balaban J connectivity index is 1.29. The van der Waals surface area contributed by atoms with Gasteiger partial charge in [0.1, 0.15) is 11.3 Å². The number of hydrogen-bond donors (Lipinski definition) is 0. The number of rotatable bonds is 10. The average Bonchev–Trinajstić information content (AvgIpc) is 3.93. The molecule has 0 N–H and O–H groups in total. The minimum absolute atomic E-state index is 0.0454. The molecule has 7 nitrogen and oxygen atoms in total. The zero-order valence-corrected chi connectivity index (χ0v) is 29.1. The molecule has 2 aromatic heterocycles. The van der Waals surface area contributed by atoms with Crippen LogP contribution in [0, 0.1) is 0 Å². The van der Waals surface area contributed by atoms with Gasteiger partial charge in [-0.3, -0.25) is 14.1 Å². The monoisotopic (exact) mass is 676 g/mol. The van der Waals surface area contributed by atoms with Crippen molar-refractivity contribution in [3.63, 3.8) is 0 Å². The van der Waals surface area contributed by atoms with E-state index in [0.29, 0.717) is 24.4 Å². The molecule has 0 atom stereocenters. The van der Waals surface area contributed by atoms with Gasteiger partial charge in [0.25, 0.3) is 5.56 Å². The van der Waals surface area contributed by atoms with Crippen molar-refractivity contribution in [3.05, 3.63) is 171 Å². The van der Waals surface area contributed by atoms with Crippen LogP contribution >= 0.6 is 0 Å². The van der Waals surface area contributed by atoms with Crippen molar-refractivity contribution in [2.24, 2.45) is 0 Å². The van der Waals surface area contributed by atoms with Gasteiger partial charge in [-0.2, -0.15) is 0 Å².